The van der Waals surface area contributed by atoms with E-state index in [2.05, 4.69) is 0 Å². The second-order valence-electron chi connectivity index (χ2n) is 7.46. The van der Waals surface area contributed by atoms with E-state index >= 15 is 0 Å². The number of carbonyl (C=O) groups is 2. The summed E-state index contributed by atoms with van der Waals surface area (Å²) in [6, 6.07) is 23.1. The molecule has 5 heteroatoms. The first-order valence-corrected chi connectivity index (χ1v) is 10.0. The number of benzene rings is 3. The summed E-state index contributed by atoms with van der Waals surface area (Å²) in [5.74, 6) is -0.869. The lowest BCUT2D eigenvalue weighted by Crippen LogP contribution is -2.29. The summed E-state index contributed by atoms with van der Waals surface area (Å²) in [6.45, 7) is 2.11. The van der Waals surface area contributed by atoms with Crippen molar-refractivity contribution in [3.05, 3.63) is 107 Å². The van der Waals surface area contributed by atoms with E-state index in [9.17, 15) is 14.7 Å². The number of likely N-dealkylation sites (tertiary alicyclic amines) is 1. The Morgan fingerprint density at radius 1 is 0.935 bits per heavy atom. The van der Waals surface area contributed by atoms with Gasteiger partial charge in [0, 0.05) is 11.1 Å². The zero-order chi connectivity index (χ0) is 22.0. The van der Waals surface area contributed by atoms with Crippen LogP contribution in [0.25, 0.3) is 5.76 Å². The van der Waals surface area contributed by atoms with Gasteiger partial charge >= 0.3 is 0 Å². The van der Waals surface area contributed by atoms with Crippen LogP contribution in [0, 0.1) is 6.92 Å². The summed E-state index contributed by atoms with van der Waals surface area (Å²) in [5, 5.41) is 11.1. The molecule has 4 rings (SSSR count). The predicted molar refractivity (Wildman–Crippen MR) is 118 cm³/mol. The third-order valence-electron chi connectivity index (χ3n) is 5.60. The molecule has 0 bridgehead atoms. The molecule has 1 amide bonds. The van der Waals surface area contributed by atoms with E-state index in [1.54, 1.807) is 31.4 Å². The molecule has 0 radical (unpaired) electrons. The minimum absolute atomic E-state index is 0.0976. The Kier molecular flexibility index (Phi) is 5.58. The van der Waals surface area contributed by atoms with Gasteiger partial charge in [-0.05, 0) is 24.1 Å². The minimum Gasteiger partial charge on any atom is -0.507 e. The first-order chi connectivity index (χ1) is 15.0. The van der Waals surface area contributed by atoms with Gasteiger partial charge in [0.05, 0.1) is 25.3 Å². The summed E-state index contributed by atoms with van der Waals surface area (Å²) in [7, 11) is 1.57. The number of aryl methyl sites for hydroxylation is 1. The fourth-order valence-corrected chi connectivity index (χ4v) is 4.03. The Labute approximate surface area is 181 Å². The Hall–Kier alpha value is -3.86. The Morgan fingerprint density at radius 3 is 2.29 bits per heavy atom. The molecule has 5 nitrogen and oxygen atoms in total. The number of rotatable bonds is 5. The second-order valence-corrected chi connectivity index (χ2v) is 7.46. The van der Waals surface area contributed by atoms with Crippen LogP contribution in [-0.4, -0.2) is 28.8 Å². The fraction of sp³-hybridized carbons (Fsp3) is 0.154. The molecule has 1 aliphatic rings. The molecule has 3 aromatic rings. The Bertz CT molecular complexity index is 1170. The molecule has 1 N–H and O–H groups in total. The van der Waals surface area contributed by atoms with E-state index in [1.807, 2.05) is 61.5 Å². The average Bonchev–Trinajstić information content (AvgIpc) is 3.04. The third kappa shape index (κ3) is 3.70. The van der Waals surface area contributed by atoms with Gasteiger partial charge in [-0.2, -0.15) is 0 Å². The SMILES string of the molecule is COc1ccccc1CN1C(=O)C(=O)/C(=C(/O)c2ccccc2)C1c1ccccc1C. The first kappa shape index (κ1) is 20.4. The molecule has 1 atom stereocenters. The highest BCUT2D eigenvalue weighted by Crippen LogP contribution is 2.41. The van der Waals surface area contributed by atoms with Crippen molar-refractivity contribution in [2.75, 3.05) is 7.11 Å². The number of amides is 1. The van der Waals surface area contributed by atoms with Crippen molar-refractivity contribution in [1.82, 2.24) is 4.90 Å². The van der Waals surface area contributed by atoms with E-state index in [-0.39, 0.29) is 17.9 Å². The minimum atomic E-state index is -0.702. The topological polar surface area (TPSA) is 66.8 Å². The lowest BCUT2D eigenvalue weighted by Gasteiger charge is -2.27. The van der Waals surface area contributed by atoms with Crippen LogP contribution in [0.5, 0.6) is 5.75 Å². The van der Waals surface area contributed by atoms with Gasteiger partial charge in [-0.15, -0.1) is 0 Å². The van der Waals surface area contributed by atoms with Gasteiger partial charge < -0.3 is 14.7 Å². The Balaban J connectivity index is 1.89. The molecule has 0 saturated carbocycles. The van der Waals surface area contributed by atoms with Crippen LogP contribution >= 0.6 is 0 Å². The third-order valence-corrected chi connectivity index (χ3v) is 5.60. The van der Waals surface area contributed by atoms with Crippen molar-refractivity contribution in [2.24, 2.45) is 0 Å². The molecule has 1 saturated heterocycles. The number of aliphatic hydroxyl groups is 1. The number of carbonyl (C=O) groups excluding carboxylic acids is 2. The molecule has 0 spiro atoms. The average molecular weight is 413 g/mol. The summed E-state index contributed by atoms with van der Waals surface area (Å²) >= 11 is 0. The quantitative estimate of drug-likeness (QED) is 0.376. The lowest BCUT2D eigenvalue weighted by molar-refractivity contribution is -0.140. The summed E-state index contributed by atoms with van der Waals surface area (Å²) < 4.78 is 5.44. The smallest absolute Gasteiger partial charge is 0.295 e. The fourth-order valence-electron chi connectivity index (χ4n) is 4.03. The highest BCUT2D eigenvalue weighted by molar-refractivity contribution is 6.46. The van der Waals surface area contributed by atoms with E-state index in [1.165, 1.54) is 4.90 Å². The lowest BCUT2D eigenvalue weighted by atomic mass is 9.92. The molecule has 0 aliphatic carbocycles. The highest BCUT2D eigenvalue weighted by Gasteiger charge is 2.46. The maximum Gasteiger partial charge on any atom is 0.295 e. The standard InChI is InChI=1S/C26H23NO4/c1-17-10-6-8-14-20(17)23-22(24(28)18-11-4-3-5-12-18)25(29)26(30)27(23)16-19-13-7-9-15-21(19)31-2/h3-15,23,28H,16H2,1-2H3/b24-22+. The molecule has 1 aliphatic heterocycles. The first-order valence-electron chi connectivity index (χ1n) is 10.0. The van der Waals surface area contributed by atoms with Crippen molar-refractivity contribution in [1.29, 1.82) is 0 Å². The molecule has 1 fully saturated rings. The number of hydrogen-bond acceptors (Lipinski definition) is 4. The summed E-state index contributed by atoms with van der Waals surface area (Å²) in [5.41, 5.74) is 3.11. The van der Waals surface area contributed by atoms with Crippen LogP contribution in [0.4, 0.5) is 0 Å². The number of nitrogens with zero attached hydrogens (tertiary/aromatic N) is 1. The highest BCUT2D eigenvalue weighted by atomic mass is 16.5. The van der Waals surface area contributed by atoms with Crippen LogP contribution in [0.1, 0.15) is 28.3 Å². The normalized spacial score (nSPS) is 17.7. The zero-order valence-electron chi connectivity index (χ0n) is 17.4. The zero-order valence-corrected chi connectivity index (χ0v) is 17.4. The van der Waals surface area contributed by atoms with E-state index in [4.69, 9.17) is 4.74 Å². The molecule has 1 heterocycles. The molecule has 3 aromatic carbocycles. The molecular formula is C26H23NO4. The molecule has 156 valence electrons. The number of ketones is 1. The largest absolute Gasteiger partial charge is 0.507 e. The number of para-hydroxylation sites is 1. The van der Waals surface area contributed by atoms with Crippen molar-refractivity contribution in [2.45, 2.75) is 19.5 Å². The predicted octanol–water partition coefficient (Wildman–Crippen LogP) is 4.63. The molecule has 1 unspecified atom stereocenters. The second kappa shape index (κ2) is 8.48. The number of aliphatic hydroxyl groups excluding tert-OH is 1. The van der Waals surface area contributed by atoms with Crippen molar-refractivity contribution < 1.29 is 19.4 Å². The van der Waals surface area contributed by atoms with Crippen molar-refractivity contribution >= 4 is 17.4 Å². The number of ether oxygens (including phenoxy) is 1. The number of methoxy groups -OCH3 is 1. The monoisotopic (exact) mass is 413 g/mol. The maximum absolute atomic E-state index is 13.1. The number of hydrogen-bond donors (Lipinski definition) is 1. The van der Waals surface area contributed by atoms with Gasteiger partial charge in [0.2, 0.25) is 0 Å². The number of Topliss-reactive ketones (excluding diaryl/α,β-unsaturated/α-hetero) is 1. The van der Waals surface area contributed by atoms with E-state index < -0.39 is 17.7 Å². The Morgan fingerprint density at radius 2 is 1.58 bits per heavy atom. The van der Waals surface area contributed by atoms with Crippen LogP contribution in [0.15, 0.2) is 84.4 Å². The van der Waals surface area contributed by atoms with Crippen LogP contribution < -0.4 is 4.74 Å². The van der Waals surface area contributed by atoms with Gasteiger partial charge in [-0.1, -0.05) is 72.8 Å². The van der Waals surface area contributed by atoms with Crippen molar-refractivity contribution in [3.63, 3.8) is 0 Å². The van der Waals surface area contributed by atoms with Crippen molar-refractivity contribution in [3.8, 4) is 5.75 Å². The van der Waals surface area contributed by atoms with Gasteiger partial charge in [0.25, 0.3) is 11.7 Å². The van der Waals surface area contributed by atoms with Crippen LogP contribution in [-0.2, 0) is 16.1 Å². The van der Waals surface area contributed by atoms with E-state index in [0.29, 0.717) is 11.3 Å². The van der Waals surface area contributed by atoms with Gasteiger partial charge in [-0.3, -0.25) is 9.59 Å². The van der Waals surface area contributed by atoms with Gasteiger partial charge in [0.15, 0.2) is 0 Å². The van der Waals surface area contributed by atoms with Gasteiger partial charge in [-0.25, -0.2) is 0 Å². The summed E-state index contributed by atoms with van der Waals surface area (Å²) in [4.78, 5) is 27.8. The summed E-state index contributed by atoms with van der Waals surface area (Å²) in [6.07, 6.45) is 0. The molecule has 0 aromatic heterocycles. The molecule has 31 heavy (non-hydrogen) atoms. The van der Waals surface area contributed by atoms with Crippen LogP contribution in [0.3, 0.4) is 0 Å². The van der Waals surface area contributed by atoms with Crippen LogP contribution in [0.2, 0.25) is 0 Å². The maximum atomic E-state index is 13.1. The molecular weight excluding hydrogens is 390 g/mol. The van der Waals surface area contributed by atoms with Gasteiger partial charge in [0.1, 0.15) is 11.5 Å². The van der Waals surface area contributed by atoms with E-state index in [0.717, 1.165) is 16.7 Å².